The number of carbonyl (C=O) groups excluding carboxylic acids is 2. The molecular formula is C37H46O6. The number of aromatic hydroxyl groups is 2. The van der Waals surface area contributed by atoms with E-state index in [2.05, 4.69) is 33.1 Å². The van der Waals surface area contributed by atoms with Crippen LogP contribution in [0, 0.1) is 22.7 Å². The molecule has 1 saturated carbocycles. The van der Waals surface area contributed by atoms with Crippen LogP contribution in [0.1, 0.15) is 103 Å². The van der Waals surface area contributed by atoms with Crippen LogP contribution in [0.4, 0.5) is 0 Å². The second-order valence-electron chi connectivity index (χ2n) is 13.8. The molecule has 1 heterocycles. The number of benzene rings is 1. The number of phenolic OH excluding ortho intramolecular Hbond substituents is 2. The number of carbonyl (C=O) groups is 2. The molecule has 0 aliphatic heterocycles. The van der Waals surface area contributed by atoms with Crippen molar-refractivity contribution in [1.82, 2.24) is 0 Å². The molecule has 4 atom stereocenters. The summed E-state index contributed by atoms with van der Waals surface area (Å²) in [6, 6.07) is 2.31. The smallest absolute Gasteiger partial charge is 0.204 e. The number of rotatable bonds is 10. The van der Waals surface area contributed by atoms with E-state index in [1.807, 2.05) is 46.8 Å². The van der Waals surface area contributed by atoms with Crippen LogP contribution < -0.4 is 5.43 Å². The van der Waals surface area contributed by atoms with Crippen LogP contribution in [-0.4, -0.2) is 21.8 Å². The molecule has 2 bridgehead atoms. The van der Waals surface area contributed by atoms with Gasteiger partial charge in [-0.1, -0.05) is 55.4 Å². The average molecular weight is 587 g/mol. The van der Waals surface area contributed by atoms with Gasteiger partial charge in [0.2, 0.25) is 5.43 Å². The minimum atomic E-state index is -1.45. The van der Waals surface area contributed by atoms with Crippen LogP contribution in [0.2, 0.25) is 0 Å². The fraction of sp³-hybridized carbons (Fsp3) is 0.486. The Morgan fingerprint density at radius 2 is 1.74 bits per heavy atom. The quantitative estimate of drug-likeness (QED) is 0.164. The second kappa shape index (κ2) is 11.4. The molecule has 0 radical (unpaired) electrons. The van der Waals surface area contributed by atoms with Gasteiger partial charge in [-0.2, -0.15) is 0 Å². The van der Waals surface area contributed by atoms with Crippen LogP contribution >= 0.6 is 0 Å². The van der Waals surface area contributed by atoms with Crippen LogP contribution in [0.5, 0.6) is 11.5 Å². The maximum atomic E-state index is 15.4. The molecule has 0 saturated heterocycles. The first-order valence-corrected chi connectivity index (χ1v) is 15.2. The number of fused-ring (bicyclic) bond motifs is 5. The van der Waals surface area contributed by atoms with E-state index >= 15 is 4.79 Å². The van der Waals surface area contributed by atoms with Crippen LogP contribution in [0.25, 0.3) is 11.0 Å². The number of Topliss-reactive ketones (excluding diaryl/α,β-unsaturated/α-hetero) is 2. The lowest BCUT2D eigenvalue weighted by Crippen LogP contribution is -2.68. The molecule has 230 valence electrons. The van der Waals surface area contributed by atoms with E-state index < -0.39 is 39.0 Å². The third kappa shape index (κ3) is 5.03. The van der Waals surface area contributed by atoms with E-state index in [1.165, 1.54) is 6.07 Å². The molecular weight excluding hydrogens is 540 g/mol. The molecule has 1 aromatic heterocycles. The predicted molar refractivity (Wildman–Crippen MR) is 172 cm³/mol. The summed E-state index contributed by atoms with van der Waals surface area (Å²) in [5, 5.41) is 20.5. The molecule has 0 amide bonds. The summed E-state index contributed by atoms with van der Waals surface area (Å²) in [6.07, 6.45) is 8.99. The van der Waals surface area contributed by atoms with Crippen LogP contribution in [0.15, 0.2) is 69.4 Å². The van der Waals surface area contributed by atoms with Crippen molar-refractivity contribution in [2.24, 2.45) is 22.7 Å². The van der Waals surface area contributed by atoms with Gasteiger partial charge in [-0.3, -0.25) is 14.4 Å². The van der Waals surface area contributed by atoms with Crippen molar-refractivity contribution in [3.8, 4) is 11.5 Å². The van der Waals surface area contributed by atoms with Gasteiger partial charge in [-0.15, -0.1) is 6.58 Å². The van der Waals surface area contributed by atoms with Crippen molar-refractivity contribution in [2.75, 3.05) is 0 Å². The monoisotopic (exact) mass is 586 g/mol. The third-order valence-corrected chi connectivity index (χ3v) is 10.3. The van der Waals surface area contributed by atoms with E-state index in [1.54, 1.807) is 0 Å². The van der Waals surface area contributed by atoms with Crippen molar-refractivity contribution in [2.45, 2.75) is 92.4 Å². The first-order chi connectivity index (χ1) is 20.0. The van der Waals surface area contributed by atoms with Crippen LogP contribution in [0.3, 0.4) is 0 Å². The number of hydrogen-bond acceptors (Lipinski definition) is 6. The first-order valence-electron chi connectivity index (χ1n) is 15.2. The summed E-state index contributed by atoms with van der Waals surface area (Å²) in [7, 11) is 0. The molecule has 43 heavy (non-hydrogen) atoms. The number of allylic oxidation sites excluding steroid dienone is 6. The topological polar surface area (TPSA) is 105 Å². The van der Waals surface area contributed by atoms with Gasteiger partial charge in [0.1, 0.15) is 16.9 Å². The summed E-state index contributed by atoms with van der Waals surface area (Å²) >= 11 is 0. The maximum Gasteiger partial charge on any atom is 0.204 e. The van der Waals surface area contributed by atoms with Gasteiger partial charge in [-0.25, -0.2) is 0 Å². The molecule has 2 N–H and O–H groups in total. The normalized spacial score (nSPS) is 25.0. The third-order valence-electron chi connectivity index (χ3n) is 10.3. The molecule has 1 fully saturated rings. The summed E-state index contributed by atoms with van der Waals surface area (Å²) in [6.45, 7) is 22.2. The predicted octanol–water partition coefficient (Wildman–Crippen LogP) is 8.50. The summed E-state index contributed by atoms with van der Waals surface area (Å²) in [4.78, 5) is 44.5. The van der Waals surface area contributed by atoms with E-state index in [0.717, 1.165) is 29.2 Å². The molecule has 2 unspecified atom stereocenters. The Kier molecular flexibility index (Phi) is 8.58. The lowest BCUT2D eigenvalue weighted by atomic mass is 9.39. The van der Waals surface area contributed by atoms with Crippen molar-refractivity contribution < 1.29 is 24.2 Å². The van der Waals surface area contributed by atoms with E-state index in [4.69, 9.17) is 4.42 Å². The molecule has 1 aromatic carbocycles. The van der Waals surface area contributed by atoms with Gasteiger partial charge in [0.05, 0.1) is 16.2 Å². The minimum Gasteiger partial charge on any atom is -0.504 e. The lowest BCUT2D eigenvalue weighted by molar-refractivity contribution is -0.152. The Labute approximate surface area is 254 Å². The zero-order valence-corrected chi connectivity index (χ0v) is 26.7. The molecule has 6 nitrogen and oxygen atoms in total. The minimum absolute atomic E-state index is 0.00987. The highest BCUT2D eigenvalue weighted by Gasteiger charge is 2.72. The SMILES string of the molecule is C=C(C)CCC(C[C@@]12CC(C/C=C/C)C(C)(C)[C@@](CC=C(C)C)(C1=O)c1oc3cc(O)c(O)cc3c(=O)c1C2=O)C(=C)C. The van der Waals surface area contributed by atoms with E-state index in [9.17, 15) is 19.8 Å². The number of ketones is 2. The lowest BCUT2D eigenvalue weighted by Gasteiger charge is -2.60. The summed E-state index contributed by atoms with van der Waals surface area (Å²) in [5.74, 6) is -1.79. The van der Waals surface area contributed by atoms with Gasteiger partial charge >= 0.3 is 0 Å². The average Bonchev–Trinajstić information content (AvgIpc) is 2.91. The molecule has 6 heteroatoms. The van der Waals surface area contributed by atoms with E-state index in [0.29, 0.717) is 19.3 Å². The number of phenols is 2. The molecule has 4 rings (SSSR count). The highest BCUT2D eigenvalue weighted by Crippen LogP contribution is 2.66. The van der Waals surface area contributed by atoms with Crippen LogP contribution in [-0.2, 0) is 10.2 Å². The largest absolute Gasteiger partial charge is 0.504 e. The van der Waals surface area contributed by atoms with Crippen molar-refractivity contribution in [3.63, 3.8) is 0 Å². The van der Waals surface area contributed by atoms with Crippen molar-refractivity contribution in [3.05, 3.63) is 81.8 Å². The Morgan fingerprint density at radius 1 is 1.09 bits per heavy atom. The van der Waals surface area contributed by atoms with Gasteiger partial charge in [0, 0.05) is 6.07 Å². The highest BCUT2D eigenvalue weighted by atomic mass is 16.3. The first kappa shape index (κ1) is 32.2. The fourth-order valence-electron chi connectivity index (χ4n) is 7.49. The van der Waals surface area contributed by atoms with Gasteiger partial charge in [-0.05, 0) is 96.5 Å². The molecule has 2 aliphatic rings. The Hall–Kier alpha value is -3.67. The Balaban J connectivity index is 2.16. The Morgan fingerprint density at radius 3 is 2.33 bits per heavy atom. The maximum absolute atomic E-state index is 15.4. The zero-order valence-electron chi connectivity index (χ0n) is 26.7. The van der Waals surface area contributed by atoms with Gasteiger partial charge in [0.15, 0.2) is 23.1 Å². The van der Waals surface area contributed by atoms with Gasteiger partial charge in [0.25, 0.3) is 0 Å². The molecule has 0 spiro atoms. The number of hydrogen-bond donors (Lipinski definition) is 2. The standard InChI is InChI=1S/C37H46O6/c1-10-11-12-25-20-36(19-24(23(6)7)14-13-21(2)3)32(41)30-31(40)26-17-27(38)28(39)18-29(26)43-33(30)37(34(36)42,35(25,8)9)16-15-22(4)5/h10-11,15,17-18,24-25,38-39H,2,6,12-14,16,19-20H2,1,3-5,7-9H3/b11-10+/t24?,25?,36-,37+/m0/s1. The Bertz CT molecular complexity index is 1630. The summed E-state index contributed by atoms with van der Waals surface area (Å²) in [5.41, 5.74) is -1.27. The second-order valence-corrected chi connectivity index (χ2v) is 13.8. The van der Waals surface area contributed by atoms with Crippen molar-refractivity contribution in [1.29, 1.82) is 0 Å². The highest BCUT2D eigenvalue weighted by molar-refractivity contribution is 6.23. The fourth-order valence-corrected chi connectivity index (χ4v) is 7.49. The van der Waals surface area contributed by atoms with E-state index in [-0.39, 0.29) is 52.8 Å². The summed E-state index contributed by atoms with van der Waals surface area (Å²) < 4.78 is 6.44. The zero-order chi connectivity index (χ0) is 32.1. The van der Waals surface area contributed by atoms with Crippen molar-refractivity contribution >= 4 is 22.5 Å². The molecule has 2 aromatic rings. The molecule has 2 aliphatic carbocycles. The van der Waals surface area contributed by atoms with Gasteiger partial charge < -0.3 is 14.6 Å².